The molecule has 2 heterocycles. The fourth-order valence-corrected chi connectivity index (χ4v) is 4.40. The van der Waals surface area contributed by atoms with Crippen LogP contribution in [-0.4, -0.2) is 38.4 Å². The molecule has 0 bridgehead atoms. The number of carbonyl (C=O) groups excluding carboxylic acids is 2. The van der Waals surface area contributed by atoms with Crippen LogP contribution < -0.4 is 5.32 Å². The van der Waals surface area contributed by atoms with Gasteiger partial charge in [-0.15, -0.1) is 11.3 Å². The van der Waals surface area contributed by atoms with Crippen LogP contribution >= 0.6 is 34.5 Å². The lowest BCUT2D eigenvalue weighted by atomic mass is 10.0. The Morgan fingerprint density at radius 1 is 1.22 bits per heavy atom. The monoisotopic (exact) mass is 570 g/mol. The summed E-state index contributed by atoms with van der Waals surface area (Å²) in [4.78, 5) is 37.7. The van der Waals surface area contributed by atoms with Crippen LogP contribution in [0.1, 0.15) is 68.5 Å². The summed E-state index contributed by atoms with van der Waals surface area (Å²) in [7, 11) is 0. The van der Waals surface area contributed by atoms with Gasteiger partial charge in [-0.05, 0) is 30.5 Å². The second-order valence-electron chi connectivity index (χ2n) is 7.75. The van der Waals surface area contributed by atoms with Crippen LogP contribution in [0, 0.1) is 11.8 Å². The quantitative estimate of drug-likeness (QED) is 0.195. The van der Waals surface area contributed by atoms with Crippen LogP contribution in [0.15, 0.2) is 30.7 Å². The van der Waals surface area contributed by atoms with Gasteiger partial charge in [-0.25, -0.2) is 15.0 Å². The van der Waals surface area contributed by atoms with E-state index < -0.39 is 28.6 Å². The third kappa shape index (κ3) is 7.49. The van der Waals surface area contributed by atoms with Crippen molar-refractivity contribution in [2.24, 2.45) is 0 Å². The summed E-state index contributed by atoms with van der Waals surface area (Å²) >= 11 is 12.9. The summed E-state index contributed by atoms with van der Waals surface area (Å²) in [5.74, 6) is 4.14. The van der Waals surface area contributed by atoms with Crippen LogP contribution in [0.3, 0.4) is 0 Å². The molecule has 37 heavy (non-hydrogen) atoms. The number of aliphatic hydroxyl groups is 1. The largest absolute Gasteiger partial charge is 0.417 e. The summed E-state index contributed by atoms with van der Waals surface area (Å²) in [5.41, 5.74) is -0.928. The number of unbranched alkanes of at least 4 members (excludes halogenated alkanes) is 1. The second-order valence-corrected chi connectivity index (χ2v) is 9.60. The summed E-state index contributed by atoms with van der Waals surface area (Å²) in [6.07, 6.45) is -1.27. The molecule has 0 fully saturated rings. The van der Waals surface area contributed by atoms with Crippen LogP contribution in [0.25, 0.3) is 0 Å². The molecule has 194 valence electrons. The molecule has 7 nitrogen and oxygen atoms in total. The Bertz CT molecular complexity index is 1370. The van der Waals surface area contributed by atoms with Crippen molar-refractivity contribution in [3.63, 3.8) is 0 Å². The highest BCUT2D eigenvalue weighted by atomic mass is 35.5. The van der Waals surface area contributed by atoms with E-state index >= 15 is 0 Å². The minimum atomic E-state index is -4.67. The van der Waals surface area contributed by atoms with Crippen molar-refractivity contribution >= 4 is 51.9 Å². The van der Waals surface area contributed by atoms with E-state index in [-0.39, 0.29) is 45.8 Å². The predicted octanol–water partition coefficient (Wildman–Crippen LogP) is 6.01. The van der Waals surface area contributed by atoms with Gasteiger partial charge in [-0.2, -0.15) is 13.2 Å². The van der Waals surface area contributed by atoms with Crippen LogP contribution in [0.5, 0.6) is 0 Å². The standard InChI is InChI=1S/C24H19Cl2F3N4O3S/c1-13(9-18(35)21-20(26)17(31-12-32-21)5-3-2-4-8-34)23-30-11-19(37-23)22(36)33-14-6-7-16(25)15(10-14)24(27,28)29/h6-7,10-13,34H,2,4,8-9H2,1H3,(H,33,36)/t13-/m0/s1. The van der Waals surface area contributed by atoms with E-state index in [1.807, 2.05) is 0 Å². The van der Waals surface area contributed by atoms with E-state index in [9.17, 15) is 22.8 Å². The van der Waals surface area contributed by atoms with Crippen molar-refractivity contribution in [2.45, 2.75) is 38.3 Å². The van der Waals surface area contributed by atoms with Crippen molar-refractivity contribution in [1.29, 1.82) is 0 Å². The fraction of sp³-hybridized carbons (Fsp3) is 0.292. The van der Waals surface area contributed by atoms with E-state index in [1.54, 1.807) is 6.92 Å². The van der Waals surface area contributed by atoms with Crippen molar-refractivity contribution in [3.05, 3.63) is 67.6 Å². The number of benzene rings is 1. The number of ketones is 1. The molecule has 0 unspecified atom stereocenters. The molecule has 2 aromatic heterocycles. The van der Waals surface area contributed by atoms with Gasteiger partial charge in [-0.1, -0.05) is 36.0 Å². The van der Waals surface area contributed by atoms with Crippen LogP contribution in [0.2, 0.25) is 10.0 Å². The maximum absolute atomic E-state index is 13.1. The fourth-order valence-electron chi connectivity index (χ4n) is 3.06. The number of amides is 1. The van der Waals surface area contributed by atoms with Gasteiger partial charge in [0.1, 0.15) is 27.6 Å². The number of nitrogens with zero attached hydrogens (tertiary/aromatic N) is 3. The highest BCUT2D eigenvalue weighted by Gasteiger charge is 2.33. The van der Waals surface area contributed by atoms with E-state index in [0.29, 0.717) is 17.8 Å². The zero-order valence-electron chi connectivity index (χ0n) is 19.2. The van der Waals surface area contributed by atoms with E-state index in [2.05, 4.69) is 32.1 Å². The van der Waals surface area contributed by atoms with Gasteiger partial charge < -0.3 is 10.4 Å². The van der Waals surface area contributed by atoms with Gasteiger partial charge in [0.25, 0.3) is 5.91 Å². The highest BCUT2D eigenvalue weighted by Crippen LogP contribution is 2.36. The Morgan fingerprint density at radius 2 is 1.97 bits per heavy atom. The number of thiazole rings is 1. The third-order valence-electron chi connectivity index (χ3n) is 4.91. The average Bonchev–Trinajstić information content (AvgIpc) is 3.34. The lowest BCUT2D eigenvalue weighted by Gasteiger charge is -2.11. The number of Topliss-reactive ketones (excluding diaryl/α,β-unsaturated/α-hetero) is 1. The Hall–Kier alpha value is -3.04. The maximum atomic E-state index is 13.1. The zero-order valence-corrected chi connectivity index (χ0v) is 21.5. The molecule has 0 radical (unpaired) electrons. The molecule has 1 atom stereocenters. The van der Waals surface area contributed by atoms with Crippen LogP contribution in [-0.2, 0) is 6.18 Å². The average molecular weight is 571 g/mol. The lowest BCUT2D eigenvalue weighted by Crippen LogP contribution is -2.12. The van der Waals surface area contributed by atoms with Gasteiger partial charge in [0, 0.05) is 31.1 Å². The Labute approximate surface area is 224 Å². The first-order chi connectivity index (χ1) is 17.5. The van der Waals surface area contributed by atoms with Crippen molar-refractivity contribution in [1.82, 2.24) is 15.0 Å². The molecule has 2 N–H and O–H groups in total. The number of carbonyl (C=O) groups is 2. The molecule has 0 aliphatic rings. The number of aliphatic hydroxyl groups excluding tert-OH is 1. The lowest BCUT2D eigenvalue weighted by molar-refractivity contribution is -0.137. The van der Waals surface area contributed by atoms with E-state index in [4.69, 9.17) is 28.3 Å². The van der Waals surface area contributed by atoms with Gasteiger partial charge in [-0.3, -0.25) is 9.59 Å². The number of aromatic nitrogens is 3. The highest BCUT2D eigenvalue weighted by molar-refractivity contribution is 7.13. The first-order valence-corrected chi connectivity index (χ1v) is 12.4. The van der Waals surface area contributed by atoms with Gasteiger partial charge >= 0.3 is 6.18 Å². The number of halogens is 5. The zero-order chi connectivity index (χ0) is 27.2. The molecule has 0 spiro atoms. The smallest absolute Gasteiger partial charge is 0.396 e. The Kier molecular flexibility index (Phi) is 9.62. The molecule has 13 heteroatoms. The molecule has 1 aromatic carbocycles. The minimum Gasteiger partial charge on any atom is -0.396 e. The van der Waals surface area contributed by atoms with Crippen molar-refractivity contribution < 1.29 is 27.9 Å². The number of hydrogen-bond acceptors (Lipinski definition) is 7. The molecule has 0 aliphatic heterocycles. The summed E-state index contributed by atoms with van der Waals surface area (Å²) in [6, 6.07) is 3.06. The number of nitrogens with one attached hydrogen (secondary N) is 1. The third-order valence-corrected chi connectivity index (χ3v) is 6.83. The normalized spacial score (nSPS) is 12.0. The first-order valence-electron chi connectivity index (χ1n) is 10.8. The number of rotatable bonds is 8. The molecular weight excluding hydrogens is 552 g/mol. The number of alkyl halides is 3. The summed E-state index contributed by atoms with van der Waals surface area (Å²) in [5, 5.41) is 11.2. The predicted molar refractivity (Wildman–Crippen MR) is 134 cm³/mol. The number of hydrogen-bond donors (Lipinski definition) is 2. The Morgan fingerprint density at radius 3 is 2.68 bits per heavy atom. The van der Waals surface area contributed by atoms with Crippen molar-refractivity contribution in [2.75, 3.05) is 11.9 Å². The topological polar surface area (TPSA) is 105 Å². The van der Waals surface area contributed by atoms with Gasteiger partial charge in [0.2, 0.25) is 0 Å². The SMILES string of the molecule is C[C@@H](CC(=O)c1ncnc(C#CCCCO)c1Cl)c1ncc(C(=O)Nc2ccc(Cl)c(C(F)(F)F)c2)s1. The first kappa shape index (κ1) is 28.5. The summed E-state index contributed by atoms with van der Waals surface area (Å²) in [6.45, 7) is 1.74. The Balaban J connectivity index is 1.68. The van der Waals surface area contributed by atoms with Gasteiger partial charge in [0.15, 0.2) is 5.78 Å². The molecule has 3 rings (SSSR count). The molecular formula is C24H19Cl2F3N4O3S. The molecule has 3 aromatic rings. The molecule has 0 aliphatic carbocycles. The minimum absolute atomic E-state index is 0.00713. The molecule has 1 amide bonds. The van der Waals surface area contributed by atoms with Crippen molar-refractivity contribution in [3.8, 4) is 11.8 Å². The summed E-state index contributed by atoms with van der Waals surface area (Å²) < 4.78 is 39.2. The van der Waals surface area contributed by atoms with E-state index in [1.165, 1.54) is 18.6 Å². The molecule has 0 saturated heterocycles. The van der Waals surface area contributed by atoms with Crippen LogP contribution in [0.4, 0.5) is 18.9 Å². The number of anilines is 1. The maximum Gasteiger partial charge on any atom is 0.417 e. The van der Waals surface area contributed by atoms with E-state index in [0.717, 1.165) is 23.5 Å². The molecule has 0 saturated carbocycles. The van der Waals surface area contributed by atoms with Gasteiger partial charge in [0.05, 0.1) is 21.8 Å². The second kappa shape index (κ2) is 12.5.